The molecule has 0 bridgehead atoms. The van der Waals surface area contributed by atoms with Crippen molar-refractivity contribution in [2.45, 2.75) is 24.4 Å². The van der Waals surface area contributed by atoms with Gasteiger partial charge >= 0.3 is 6.18 Å². The topological polar surface area (TPSA) is 73.1 Å². The van der Waals surface area contributed by atoms with Crippen molar-refractivity contribution in [3.8, 4) is 0 Å². The minimum absolute atomic E-state index is 0.0625. The number of benzene rings is 2. The Hall–Kier alpha value is -2.71. The molecule has 0 fully saturated rings. The number of nitrogens with zero attached hydrogens (tertiary/aromatic N) is 2. The molecular weight excluding hydrogens is 349 g/mol. The van der Waals surface area contributed by atoms with Crippen LogP contribution < -0.4 is 0 Å². The minimum Gasteiger partial charge on any atom is -0.378 e. The lowest BCUT2D eigenvalue weighted by Gasteiger charge is -2.33. The molecule has 136 valence electrons. The third kappa shape index (κ3) is 3.09. The van der Waals surface area contributed by atoms with Crippen molar-refractivity contribution in [3.05, 3.63) is 71.8 Å². The Morgan fingerprint density at radius 3 is 2.15 bits per heavy atom. The lowest BCUT2D eigenvalue weighted by atomic mass is 10.0. The molecule has 8 heteroatoms. The van der Waals surface area contributed by atoms with Crippen LogP contribution in [0.2, 0.25) is 0 Å². The summed E-state index contributed by atoms with van der Waals surface area (Å²) in [5, 5.41) is 24.0. The number of carbonyl (C=O) groups excluding carboxylic acids is 1. The molecule has 0 saturated heterocycles. The monoisotopic (exact) mass is 364 g/mol. The van der Waals surface area contributed by atoms with Crippen LogP contribution in [0.5, 0.6) is 0 Å². The number of halogens is 3. The van der Waals surface area contributed by atoms with Crippen molar-refractivity contribution in [3.63, 3.8) is 0 Å². The highest BCUT2D eigenvalue weighted by Gasteiger charge is 2.63. The summed E-state index contributed by atoms with van der Waals surface area (Å²) in [6, 6.07) is 15.4. The van der Waals surface area contributed by atoms with E-state index in [1.807, 2.05) is 0 Å². The highest BCUT2D eigenvalue weighted by atomic mass is 19.4. The predicted octanol–water partition coefficient (Wildman–Crippen LogP) is 2.61. The summed E-state index contributed by atoms with van der Waals surface area (Å²) in [5.74, 6) is -1.36. The molecule has 0 saturated carbocycles. The van der Waals surface area contributed by atoms with Gasteiger partial charge in [0.25, 0.3) is 11.6 Å². The van der Waals surface area contributed by atoms with Crippen molar-refractivity contribution in [1.29, 1.82) is 0 Å². The number of rotatable bonds is 3. The van der Waals surface area contributed by atoms with E-state index < -0.39 is 30.3 Å². The summed E-state index contributed by atoms with van der Waals surface area (Å²) >= 11 is 0. The minimum atomic E-state index is -5.15. The molecule has 0 radical (unpaired) electrons. The Morgan fingerprint density at radius 1 is 1.08 bits per heavy atom. The first kappa shape index (κ1) is 18.1. The third-order valence-electron chi connectivity index (χ3n) is 4.10. The zero-order valence-corrected chi connectivity index (χ0v) is 13.4. The van der Waals surface area contributed by atoms with Crippen LogP contribution in [0.25, 0.3) is 0 Å². The van der Waals surface area contributed by atoms with Gasteiger partial charge in [0.1, 0.15) is 0 Å². The second-order valence-electron chi connectivity index (χ2n) is 5.87. The molecule has 26 heavy (non-hydrogen) atoms. The smallest absolute Gasteiger partial charge is 0.378 e. The van der Waals surface area contributed by atoms with Crippen molar-refractivity contribution in [2.75, 3.05) is 0 Å². The van der Waals surface area contributed by atoms with Gasteiger partial charge in [-0.15, -0.1) is 0 Å². The van der Waals surface area contributed by atoms with E-state index in [1.54, 1.807) is 24.3 Å². The largest absolute Gasteiger partial charge is 0.438 e. The van der Waals surface area contributed by atoms with Crippen LogP contribution in [0.15, 0.2) is 65.8 Å². The molecule has 5 nitrogen and oxygen atoms in total. The fraction of sp³-hybridized carbons (Fsp3) is 0.222. The first-order valence-electron chi connectivity index (χ1n) is 7.73. The van der Waals surface area contributed by atoms with E-state index in [9.17, 15) is 28.2 Å². The molecule has 1 aliphatic rings. The first-order chi connectivity index (χ1) is 12.2. The van der Waals surface area contributed by atoms with Gasteiger partial charge in [-0.25, -0.2) is 0 Å². The summed E-state index contributed by atoms with van der Waals surface area (Å²) in [7, 11) is 0. The number of amides is 1. The van der Waals surface area contributed by atoms with Gasteiger partial charge in [0.05, 0.1) is 12.1 Å². The van der Waals surface area contributed by atoms with Crippen LogP contribution in [-0.4, -0.2) is 38.7 Å². The maximum absolute atomic E-state index is 13.5. The van der Waals surface area contributed by atoms with Gasteiger partial charge in [0.15, 0.2) is 6.10 Å². The van der Waals surface area contributed by atoms with Crippen molar-refractivity contribution in [2.24, 2.45) is 5.10 Å². The Balaban J connectivity index is 2.00. The van der Waals surface area contributed by atoms with E-state index in [-0.39, 0.29) is 16.3 Å². The van der Waals surface area contributed by atoms with Crippen LogP contribution in [0.1, 0.15) is 23.7 Å². The van der Waals surface area contributed by atoms with E-state index in [0.717, 1.165) is 0 Å². The molecular formula is C18H15F3N2O3. The number of hydrogen-bond donors (Lipinski definition) is 2. The van der Waals surface area contributed by atoms with Gasteiger partial charge in [-0.2, -0.15) is 23.3 Å². The van der Waals surface area contributed by atoms with Gasteiger partial charge in [-0.1, -0.05) is 60.7 Å². The summed E-state index contributed by atoms with van der Waals surface area (Å²) in [6.07, 6.45) is -7.96. The third-order valence-corrected chi connectivity index (χ3v) is 4.10. The second kappa shape index (κ2) is 6.54. The highest BCUT2D eigenvalue weighted by Crippen LogP contribution is 2.42. The van der Waals surface area contributed by atoms with Crippen LogP contribution in [0, 0.1) is 0 Å². The van der Waals surface area contributed by atoms with Gasteiger partial charge < -0.3 is 10.2 Å². The van der Waals surface area contributed by atoms with E-state index in [1.165, 1.54) is 36.4 Å². The van der Waals surface area contributed by atoms with Gasteiger partial charge in [-0.05, 0) is 11.1 Å². The number of hydrogen-bond acceptors (Lipinski definition) is 4. The zero-order chi connectivity index (χ0) is 18.9. The number of aliphatic hydroxyl groups is 2. The normalized spacial score (nSPS) is 21.4. The fourth-order valence-corrected chi connectivity index (χ4v) is 2.68. The van der Waals surface area contributed by atoms with E-state index in [0.29, 0.717) is 5.56 Å². The molecule has 1 amide bonds. The summed E-state index contributed by atoms with van der Waals surface area (Å²) in [4.78, 5) is 12.5. The maximum Gasteiger partial charge on any atom is 0.438 e. The fourth-order valence-electron chi connectivity index (χ4n) is 2.68. The van der Waals surface area contributed by atoms with Gasteiger partial charge in [0.2, 0.25) is 0 Å². The lowest BCUT2D eigenvalue weighted by Crippen LogP contribution is -2.57. The van der Waals surface area contributed by atoms with E-state index in [4.69, 9.17) is 0 Å². The maximum atomic E-state index is 13.5. The summed E-state index contributed by atoms with van der Waals surface area (Å²) in [5.41, 5.74) is -3.17. The molecule has 2 aromatic carbocycles. The molecule has 2 N–H and O–H groups in total. The van der Waals surface area contributed by atoms with Crippen LogP contribution in [0.4, 0.5) is 13.2 Å². The number of aliphatic hydroxyl groups excluding tert-OH is 1. The second-order valence-corrected chi connectivity index (χ2v) is 5.87. The average Bonchev–Trinajstić information content (AvgIpc) is 3.01. The van der Waals surface area contributed by atoms with Crippen molar-refractivity contribution < 1.29 is 28.2 Å². The first-order valence-corrected chi connectivity index (χ1v) is 7.73. The van der Waals surface area contributed by atoms with E-state index in [2.05, 4.69) is 5.10 Å². The van der Waals surface area contributed by atoms with Crippen LogP contribution in [0.3, 0.4) is 0 Å². The number of hydrazone groups is 1. The molecule has 3 rings (SSSR count). The average molecular weight is 364 g/mol. The quantitative estimate of drug-likeness (QED) is 0.879. The van der Waals surface area contributed by atoms with Gasteiger partial charge in [-0.3, -0.25) is 4.79 Å². The lowest BCUT2D eigenvalue weighted by molar-refractivity contribution is -0.303. The van der Waals surface area contributed by atoms with Crippen LogP contribution >= 0.6 is 0 Å². The molecule has 0 spiro atoms. The Morgan fingerprint density at radius 2 is 1.62 bits per heavy atom. The highest BCUT2D eigenvalue weighted by molar-refractivity contribution is 6.03. The summed E-state index contributed by atoms with van der Waals surface area (Å²) in [6.45, 7) is 0. The molecule has 2 atom stereocenters. The van der Waals surface area contributed by atoms with Crippen molar-refractivity contribution >= 4 is 11.6 Å². The Bertz CT molecular complexity index is 825. The molecule has 0 unspecified atom stereocenters. The zero-order valence-electron chi connectivity index (χ0n) is 13.4. The molecule has 1 heterocycles. The summed E-state index contributed by atoms with van der Waals surface area (Å²) < 4.78 is 40.5. The molecule has 2 aromatic rings. The SMILES string of the molecule is O=C([C@@H](O)c1ccccc1)N1N=C(c2ccccc2)C[C@@]1(O)C(F)(F)F. The number of carbonyl (C=O) groups is 1. The van der Waals surface area contributed by atoms with Gasteiger partial charge in [0, 0.05) is 0 Å². The molecule has 0 aliphatic carbocycles. The molecule has 0 aromatic heterocycles. The Labute approximate surface area is 147 Å². The standard InChI is InChI=1S/C18H15F3N2O3/c19-18(20,21)17(26)11-14(12-7-3-1-4-8-12)22-23(17)16(25)15(24)13-9-5-2-6-10-13/h1-10,15,24,26H,11H2/t15-,17+/m0/s1. The van der Waals surface area contributed by atoms with Crippen molar-refractivity contribution in [1.82, 2.24) is 5.01 Å². The Kier molecular flexibility index (Phi) is 4.55. The predicted molar refractivity (Wildman–Crippen MR) is 86.8 cm³/mol. The number of alkyl halides is 3. The van der Waals surface area contributed by atoms with Crippen LogP contribution in [-0.2, 0) is 4.79 Å². The van der Waals surface area contributed by atoms with E-state index >= 15 is 0 Å². The molecule has 1 aliphatic heterocycles.